The van der Waals surface area contributed by atoms with Gasteiger partial charge in [-0.05, 0) is 50.7 Å². The Morgan fingerprint density at radius 3 is 2.55 bits per heavy atom. The van der Waals surface area contributed by atoms with Crippen LogP contribution in [-0.2, 0) is 30.6 Å². The average molecular weight is 739 g/mol. The fourth-order valence-electron chi connectivity index (χ4n) is 6.57. The van der Waals surface area contributed by atoms with E-state index in [4.69, 9.17) is 9.47 Å². The molecule has 5 atom stereocenters. The Labute approximate surface area is 290 Å². The molecular formula is C32H37F3N6O9S. The van der Waals surface area contributed by atoms with Crippen molar-refractivity contribution in [1.82, 2.24) is 30.2 Å². The number of alkyl halides is 3. The van der Waals surface area contributed by atoms with Gasteiger partial charge in [-0.1, -0.05) is 25.0 Å². The smallest absolute Gasteiger partial charge is 0.438 e. The third-order valence-electron chi connectivity index (χ3n) is 9.53. The number of hydrogen-bond acceptors (Lipinski definition) is 10. The molecule has 4 aliphatic rings. The van der Waals surface area contributed by atoms with Crippen LogP contribution in [0.1, 0.15) is 63.5 Å². The van der Waals surface area contributed by atoms with Gasteiger partial charge in [0.25, 0.3) is 5.91 Å². The van der Waals surface area contributed by atoms with Gasteiger partial charge >= 0.3 is 12.3 Å². The lowest BCUT2D eigenvalue weighted by atomic mass is 10.1. The molecule has 6 rings (SSSR count). The van der Waals surface area contributed by atoms with Gasteiger partial charge in [-0.15, -0.1) is 0 Å². The lowest BCUT2D eigenvalue weighted by Crippen LogP contribution is -2.58. The van der Waals surface area contributed by atoms with E-state index in [0.29, 0.717) is 44.3 Å². The molecule has 3 heterocycles. The summed E-state index contributed by atoms with van der Waals surface area (Å²) in [7, 11) is -2.63. The van der Waals surface area contributed by atoms with E-state index in [1.165, 1.54) is 25.3 Å². The minimum Gasteiger partial charge on any atom is -0.497 e. The summed E-state index contributed by atoms with van der Waals surface area (Å²) in [6.45, 7) is -0.442. The number of halogens is 3. The van der Waals surface area contributed by atoms with E-state index in [0.717, 1.165) is 4.90 Å². The van der Waals surface area contributed by atoms with E-state index >= 15 is 0 Å². The number of fused-ring (bicyclic) bond motifs is 3. The first-order valence-electron chi connectivity index (χ1n) is 16.6. The van der Waals surface area contributed by atoms with Crippen molar-refractivity contribution in [1.29, 1.82) is 0 Å². The molecule has 4 amide bonds. The molecule has 4 N–H and O–H groups in total. The topological polar surface area (TPSA) is 206 Å². The van der Waals surface area contributed by atoms with Crippen molar-refractivity contribution < 1.29 is 55.3 Å². The fraction of sp³-hybridized carbons (Fsp3) is 0.562. The Morgan fingerprint density at radius 2 is 1.86 bits per heavy atom. The first-order valence-corrected chi connectivity index (χ1v) is 18.1. The molecule has 1 saturated heterocycles. The lowest BCUT2D eigenvalue weighted by molar-refractivity contribution is -0.143. The van der Waals surface area contributed by atoms with Gasteiger partial charge in [0, 0.05) is 18.4 Å². The number of methoxy groups -OCH3 is 1. The maximum absolute atomic E-state index is 14.2. The minimum atomic E-state index is -5.00. The summed E-state index contributed by atoms with van der Waals surface area (Å²) < 4.78 is 81.0. The van der Waals surface area contributed by atoms with Crippen LogP contribution in [-0.4, -0.2) is 94.8 Å². The highest BCUT2D eigenvalue weighted by Gasteiger charge is 2.62. The van der Waals surface area contributed by atoms with Crippen molar-refractivity contribution in [3.05, 3.63) is 36.0 Å². The largest absolute Gasteiger partial charge is 0.497 e. The summed E-state index contributed by atoms with van der Waals surface area (Å²) >= 11 is 0. The first-order chi connectivity index (χ1) is 24.1. The van der Waals surface area contributed by atoms with Crippen LogP contribution >= 0.6 is 0 Å². The van der Waals surface area contributed by atoms with Crippen molar-refractivity contribution in [2.24, 2.45) is 5.92 Å². The number of amides is 4. The van der Waals surface area contributed by atoms with E-state index in [2.05, 4.69) is 25.3 Å². The van der Waals surface area contributed by atoms with Gasteiger partial charge in [-0.2, -0.15) is 13.2 Å². The summed E-state index contributed by atoms with van der Waals surface area (Å²) in [5, 5.41) is 13.6. The summed E-state index contributed by atoms with van der Waals surface area (Å²) in [6, 6.07) is 1.34. The molecule has 15 nitrogen and oxygen atoms in total. The van der Waals surface area contributed by atoms with E-state index in [1.807, 2.05) is 6.08 Å². The summed E-state index contributed by atoms with van der Waals surface area (Å²) in [5.74, 6) is -3.82. The Kier molecular flexibility index (Phi) is 9.77. The van der Waals surface area contributed by atoms with Crippen LogP contribution in [0.2, 0.25) is 0 Å². The van der Waals surface area contributed by atoms with E-state index in [-0.39, 0.29) is 30.3 Å². The number of rotatable bonds is 7. The number of sulfonamides is 1. The van der Waals surface area contributed by atoms with E-state index in [1.54, 1.807) is 6.08 Å². The maximum Gasteiger partial charge on any atom is 0.438 e. The highest BCUT2D eigenvalue weighted by Crippen LogP contribution is 2.46. The first kappa shape index (κ1) is 36.1. The van der Waals surface area contributed by atoms with Crippen molar-refractivity contribution >= 4 is 44.9 Å². The molecule has 1 aromatic carbocycles. The molecule has 19 heteroatoms. The molecule has 1 aromatic heterocycles. The van der Waals surface area contributed by atoms with Gasteiger partial charge in [0.1, 0.15) is 29.5 Å². The summed E-state index contributed by atoms with van der Waals surface area (Å²) in [6.07, 6.45) is -1.34. The van der Waals surface area contributed by atoms with Crippen molar-refractivity contribution in [2.45, 2.75) is 92.9 Å². The average Bonchev–Trinajstić information content (AvgIpc) is 3.99. The second-order valence-electron chi connectivity index (χ2n) is 13.2. The number of carboxylic acid groups (broad SMARTS) is 1. The standard InChI is InChI=1S/C32H37F3N6O9S/c1-49-18-9-12-21-23(13-18)37-27(25(36-21)32(33,34)35)50-19-14-24-26(42)39-31(29(44)40-51(47,48)20-10-11-20)15-17(31)7-5-3-2-4-6-8-22(38-30(45)46)28(43)41(24)16-19/h5,7,9,12-13,17,19-20,22,24,38H,2-4,6,8,10-11,14-16H2,1H3,(H,39,42)(H,40,44)(H,45,46)/b7-5-. The monoisotopic (exact) mass is 738 g/mol. The van der Waals surface area contributed by atoms with Crippen LogP contribution in [0.15, 0.2) is 30.4 Å². The molecule has 3 fully saturated rings. The Morgan fingerprint density at radius 1 is 1.10 bits per heavy atom. The second kappa shape index (κ2) is 13.8. The quantitative estimate of drug-likeness (QED) is 0.304. The Hall–Kier alpha value is -4.68. The van der Waals surface area contributed by atoms with Gasteiger partial charge in [0.15, 0.2) is 0 Å². The fourth-order valence-corrected chi connectivity index (χ4v) is 7.93. The molecule has 2 aliphatic carbocycles. The molecular weight excluding hydrogens is 701 g/mol. The van der Waals surface area contributed by atoms with E-state index < -0.39 is 93.0 Å². The highest BCUT2D eigenvalue weighted by atomic mass is 32.2. The number of benzene rings is 1. The second-order valence-corrected chi connectivity index (χ2v) is 15.2. The molecule has 0 bridgehead atoms. The van der Waals surface area contributed by atoms with Crippen LogP contribution < -0.4 is 24.8 Å². The van der Waals surface area contributed by atoms with Crippen molar-refractivity contribution in [3.63, 3.8) is 0 Å². The molecule has 2 saturated carbocycles. The lowest BCUT2D eigenvalue weighted by Gasteiger charge is -2.29. The van der Waals surface area contributed by atoms with Gasteiger partial charge in [0.05, 0.1) is 29.9 Å². The van der Waals surface area contributed by atoms with Gasteiger partial charge in [-0.3, -0.25) is 19.1 Å². The Bertz CT molecular complexity index is 1870. The number of nitrogens with zero attached hydrogens (tertiary/aromatic N) is 3. The van der Waals surface area contributed by atoms with Gasteiger partial charge < -0.3 is 30.1 Å². The number of ether oxygens (including phenoxy) is 2. The third-order valence-corrected chi connectivity index (χ3v) is 11.3. The molecule has 0 spiro atoms. The highest BCUT2D eigenvalue weighted by molar-refractivity contribution is 7.91. The van der Waals surface area contributed by atoms with Crippen LogP contribution in [0.4, 0.5) is 18.0 Å². The summed E-state index contributed by atoms with van der Waals surface area (Å²) in [5.41, 5.74) is -3.18. The molecule has 276 valence electrons. The third kappa shape index (κ3) is 7.82. The molecule has 0 radical (unpaired) electrons. The van der Waals surface area contributed by atoms with Crippen LogP contribution in [0.5, 0.6) is 11.6 Å². The summed E-state index contributed by atoms with van der Waals surface area (Å²) in [4.78, 5) is 62.0. The number of allylic oxidation sites excluding steroid dienone is 1. The molecule has 51 heavy (non-hydrogen) atoms. The number of aromatic nitrogens is 2. The zero-order valence-corrected chi connectivity index (χ0v) is 28.3. The van der Waals surface area contributed by atoms with Crippen LogP contribution in [0, 0.1) is 5.92 Å². The van der Waals surface area contributed by atoms with Crippen molar-refractivity contribution in [3.8, 4) is 11.6 Å². The zero-order valence-electron chi connectivity index (χ0n) is 27.4. The number of nitrogens with one attached hydrogen (secondary N) is 3. The SMILES string of the molecule is COc1ccc2nc(C(F)(F)F)c(OC3CC4C(=O)NC5(C(=O)NS(=O)(=O)C6CC6)CC5/C=C\CCCCCC(NC(=O)O)C(=O)N4C3)nc2c1. The zero-order chi connectivity index (χ0) is 36.7. The molecule has 2 aromatic rings. The number of carbonyl (C=O) groups excluding carboxylic acids is 3. The maximum atomic E-state index is 14.2. The van der Waals surface area contributed by atoms with E-state index in [9.17, 15) is 45.9 Å². The van der Waals surface area contributed by atoms with Crippen LogP contribution in [0.25, 0.3) is 11.0 Å². The number of carbonyl (C=O) groups is 4. The normalized spacial score (nSPS) is 28.0. The van der Waals surface area contributed by atoms with Crippen LogP contribution in [0.3, 0.4) is 0 Å². The molecule has 5 unspecified atom stereocenters. The van der Waals surface area contributed by atoms with Gasteiger partial charge in [-0.25, -0.2) is 23.2 Å². The molecule has 2 aliphatic heterocycles. The predicted molar refractivity (Wildman–Crippen MR) is 172 cm³/mol. The minimum absolute atomic E-state index is 0.0201. The van der Waals surface area contributed by atoms with Crippen molar-refractivity contribution in [2.75, 3.05) is 13.7 Å². The number of hydrogen-bond donors (Lipinski definition) is 4. The predicted octanol–water partition coefficient (Wildman–Crippen LogP) is 2.65. The Balaban J connectivity index is 1.34. The van der Waals surface area contributed by atoms with Gasteiger partial charge in [0.2, 0.25) is 33.4 Å².